The highest BCUT2D eigenvalue weighted by Crippen LogP contribution is 2.23. The third kappa shape index (κ3) is 3.89. The van der Waals surface area contributed by atoms with Gasteiger partial charge >= 0.3 is 0 Å². The van der Waals surface area contributed by atoms with Crippen LogP contribution < -0.4 is 10.5 Å². The minimum Gasteiger partial charge on any atom is -0.490 e. The highest BCUT2D eigenvalue weighted by Gasteiger charge is 2.08. The number of nitrogens with two attached hydrogens (primary N) is 1. The lowest BCUT2D eigenvalue weighted by Crippen LogP contribution is -2.02. The van der Waals surface area contributed by atoms with Crippen LogP contribution in [0.25, 0.3) is 0 Å². The molecule has 0 aliphatic carbocycles. The van der Waals surface area contributed by atoms with Crippen molar-refractivity contribution in [2.75, 3.05) is 23.8 Å². The maximum atomic E-state index is 13.2. The summed E-state index contributed by atoms with van der Waals surface area (Å²) in [4.78, 5) is 0. The molecule has 0 aliphatic rings. The molecule has 2 nitrogen and oxygen atoms in total. The number of nitrogen functional groups attached to an aromatic ring is 1. The van der Waals surface area contributed by atoms with Gasteiger partial charge in [0.1, 0.15) is 5.82 Å². The minimum atomic E-state index is -0.653. The van der Waals surface area contributed by atoms with Crippen molar-refractivity contribution in [2.24, 2.45) is 0 Å². The van der Waals surface area contributed by atoms with Crippen molar-refractivity contribution in [3.63, 3.8) is 0 Å². The zero-order valence-corrected chi connectivity index (χ0v) is 9.95. The zero-order chi connectivity index (χ0) is 12.0. The molecule has 0 radical (unpaired) electrons. The summed E-state index contributed by atoms with van der Waals surface area (Å²) in [5.41, 5.74) is 5.01. The van der Waals surface area contributed by atoms with Gasteiger partial charge in [0.15, 0.2) is 11.6 Å². The van der Waals surface area contributed by atoms with Crippen LogP contribution in [0.3, 0.4) is 0 Å². The Balaban J connectivity index is 2.45. The molecule has 0 aromatic heterocycles. The van der Waals surface area contributed by atoms with E-state index in [4.69, 9.17) is 10.5 Å². The SMILES string of the molecule is CCSCCCOc1cc(F)c(N)cc1F. The van der Waals surface area contributed by atoms with Gasteiger partial charge in [-0.05, 0) is 17.9 Å². The minimum absolute atomic E-state index is 0.0757. The van der Waals surface area contributed by atoms with E-state index in [1.165, 1.54) is 0 Å². The van der Waals surface area contributed by atoms with Crippen molar-refractivity contribution in [1.82, 2.24) is 0 Å². The van der Waals surface area contributed by atoms with E-state index >= 15 is 0 Å². The second-order valence-corrected chi connectivity index (χ2v) is 4.60. The predicted octanol–water partition coefficient (Wildman–Crippen LogP) is 3.07. The molecule has 5 heteroatoms. The third-order valence-electron chi connectivity index (χ3n) is 1.95. The Hall–Kier alpha value is -0.970. The van der Waals surface area contributed by atoms with Crippen molar-refractivity contribution in [3.05, 3.63) is 23.8 Å². The van der Waals surface area contributed by atoms with Crippen LogP contribution in [0.15, 0.2) is 12.1 Å². The van der Waals surface area contributed by atoms with E-state index < -0.39 is 11.6 Å². The number of thioether (sulfide) groups is 1. The molecular formula is C11H15F2NOS. The summed E-state index contributed by atoms with van der Waals surface area (Å²) < 4.78 is 31.4. The fourth-order valence-corrected chi connectivity index (χ4v) is 1.75. The van der Waals surface area contributed by atoms with Gasteiger partial charge in [-0.2, -0.15) is 11.8 Å². The molecular weight excluding hydrogens is 232 g/mol. The first-order chi connectivity index (χ1) is 7.65. The van der Waals surface area contributed by atoms with E-state index in [-0.39, 0.29) is 11.4 Å². The molecule has 1 aromatic carbocycles. The zero-order valence-electron chi connectivity index (χ0n) is 9.13. The Kier molecular flexibility index (Phi) is 5.38. The quantitative estimate of drug-likeness (QED) is 0.620. The molecule has 0 saturated heterocycles. The molecule has 0 atom stereocenters. The van der Waals surface area contributed by atoms with E-state index in [0.29, 0.717) is 6.61 Å². The van der Waals surface area contributed by atoms with Gasteiger partial charge in [0, 0.05) is 12.1 Å². The number of anilines is 1. The molecule has 0 bridgehead atoms. The van der Waals surface area contributed by atoms with Crippen LogP contribution in [-0.4, -0.2) is 18.1 Å². The van der Waals surface area contributed by atoms with Crippen LogP contribution in [0.4, 0.5) is 14.5 Å². The van der Waals surface area contributed by atoms with Crippen LogP contribution in [0, 0.1) is 11.6 Å². The van der Waals surface area contributed by atoms with Gasteiger partial charge in [-0.1, -0.05) is 6.92 Å². The highest BCUT2D eigenvalue weighted by atomic mass is 32.2. The largest absolute Gasteiger partial charge is 0.490 e. The van der Waals surface area contributed by atoms with E-state index in [9.17, 15) is 8.78 Å². The highest BCUT2D eigenvalue weighted by molar-refractivity contribution is 7.99. The normalized spacial score (nSPS) is 10.4. The predicted molar refractivity (Wildman–Crippen MR) is 63.9 cm³/mol. The van der Waals surface area contributed by atoms with E-state index in [1.807, 2.05) is 0 Å². The molecule has 0 unspecified atom stereocenters. The molecule has 90 valence electrons. The van der Waals surface area contributed by atoms with E-state index in [0.717, 1.165) is 30.1 Å². The van der Waals surface area contributed by atoms with Gasteiger partial charge in [-0.25, -0.2) is 8.78 Å². The molecule has 1 aromatic rings. The second kappa shape index (κ2) is 6.58. The summed E-state index contributed by atoms with van der Waals surface area (Å²) >= 11 is 1.79. The average Bonchev–Trinajstić information content (AvgIpc) is 2.25. The van der Waals surface area contributed by atoms with Crippen LogP contribution in [0.2, 0.25) is 0 Å². The molecule has 0 saturated carbocycles. The van der Waals surface area contributed by atoms with Crippen LogP contribution in [-0.2, 0) is 0 Å². The van der Waals surface area contributed by atoms with Gasteiger partial charge in [0.2, 0.25) is 0 Å². The van der Waals surface area contributed by atoms with Crippen molar-refractivity contribution >= 4 is 17.4 Å². The lowest BCUT2D eigenvalue weighted by atomic mass is 10.3. The Morgan fingerprint density at radius 2 is 2.06 bits per heavy atom. The molecule has 0 aliphatic heterocycles. The Morgan fingerprint density at radius 3 is 2.75 bits per heavy atom. The molecule has 16 heavy (non-hydrogen) atoms. The third-order valence-corrected chi connectivity index (χ3v) is 2.93. The lowest BCUT2D eigenvalue weighted by Gasteiger charge is -2.08. The molecule has 1 rings (SSSR count). The number of hydrogen-bond donors (Lipinski definition) is 1. The van der Waals surface area contributed by atoms with Crippen molar-refractivity contribution in [1.29, 1.82) is 0 Å². The van der Waals surface area contributed by atoms with E-state index in [1.54, 1.807) is 11.8 Å². The first-order valence-electron chi connectivity index (χ1n) is 5.10. The van der Waals surface area contributed by atoms with Crippen LogP contribution >= 0.6 is 11.8 Å². The van der Waals surface area contributed by atoms with Crippen LogP contribution in [0.5, 0.6) is 5.75 Å². The number of benzene rings is 1. The van der Waals surface area contributed by atoms with Crippen LogP contribution in [0.1, 0.15) is 13.3 Å². The van der Waals surface area contributed by atoms with Gasteiger partial charge in [0.05, 0.1) is 12.3 Å². The Labute approximate surface area is 98.2 Å². The average molecular weight is 247 g/mol. The first kappa shape index (κ1) is 13.1. The summed E-state index contributed by atoms with van der Waals surface area (Å²) in [7, 11) is 0. The number of halogens is 2. The fraction of sp³-hybridized carbons (Fsp3) is 0.455. The first-order valence-corrected chi connectivity index (χ1v) is 6.25. The smallest absolute Gasteiger partial charge is 0.167 e. The van der Waals surface area contributed by atoms with Crippen molar-refractivity contribution < 1.29 is 13.5 Å². The summed E-state index contributed by atoms with van der Waals surface area (Å²) in [6.07, 6.45) is 0.809. The second-order valence-electron chi connectivity index (χ2n) is 3.20. The maximum absolute atomic E-state index is 13.2. The molecule has 0 spiro atoms. The number of rotatable bonds is 6. The van der Waals surface area contributed by atoms with Gasteiger partial charge in [-0.3, -0.25) is 0 Å². The number of hydrogen-bond acceptors (Lipinski definition) is 3. The fourth-order valence-electron chi connectivity index (χ4n) is 1.14. The van der Waals surface area contributed by atoms with Gasteiger partial charge < -0.3 is 10.5 Å². The van der Waals surface area contributed by atoms with Crippen molar-refractivity contribution in [3.8, 4) is 5.75 Å². The summed E-state index contributed by atoms with van der Waals surface area (Å²) in [6, 6.07) is 1.92. The van der Waals surface area contributed by atoms with Gasteiger partial charge in [-0.15, -0.1) is 0 Å². The monoisotopic (exact) mass is 247 g/mol. The standard InChI is InChI=1S/C11H15F2NOS/c1-2-16-5-3-4-15-11-7-8(12)10(14)6-9(11)13/h6-7H,2-5,14H2,1H3. The van der Waals surface area contributed by atoms with E-state index in [2.05, 4.69) is 6.92 Å². The molecule has 0 fully saturated rings. The maximum Gasteiger partial charge on any atom is 0.167 e. The summed E-state index contributed by atoms with van der Waals surface area (Å²) in [5.74, 6) is 0.648. The molecule has 0 heterocycles. The van der Waals surface area contributed by atoms with Crippen molar-refractivity contribution in [2.45, 2.75) is 13.3 Å². The number of ether oxygens (including phenoxy) is 1. The Bertz CT molecular complexity index is 347. The lowest BCUT2D eigenvalue weighted by molar-refractivity contribution is 0.301. The topological polar surface area (TPSA) is 35.2 Å². The Morgan fingerprint density at radius 1 is 1.31 bits per heavy atom. The summed E-state index contributed by atoms with van der Waals surface area (Å²) in [5, 5.41) is 0. The van der Waals surface area contributed by atoms with Gasteiger partial charge in [0.25, 0.3) is 0 Å². The molecule has 2 N–H and O–H groups in total. The summed E-state index contributed by atoms with van der Waals surface area (Å²) in [6.45, 7) is 2.45. The molecule has 0 amide bonds.